The van der Waals surface area contributed by atoms with Crippen LogP contribution in [-0.4, -0.2) is 35.9 Å². The maximum Gasteiger partial charge on any atom is 0.394 e. The van der Waals surface area contributed by atoms with Gasteiger partial charge in [-0.05, 0) is 31.4 Å². The van der Waals surface area contributed by atoms with E-state index in [4.69, 9.17) is 22.3 Å². The summed E-state index contributed by atoms with van der Waals surface area (Å²) in [4.78, 5) is 23.4. The molecule has 3 N–H and O–H groups in total. The number of nitrogens with one attached hydrogen (secondary N) is 1. The van der Waals surface area contributed by atoms with Crippen LogP contribution in [0.1, 0.15) is 84.0 Å². The highest BCUT2D eigenvalue weighted by Gasteiger charge is 2.05. The Morgan fingerprint density at radius 1 is 0.839 bits per heavy atom. The Balaban J connectivity index is 0.00000161. The van der Waals surface area contributed by atoms with Gasteiger partial charge in [-0.15, -0.1) is 0 Å². The van der Waals surface area contributed by atoms with E-state index in [0.29, 0.717) is 25.1 Å². The van der Waals surface area contributed by atoms with Crippen LogP contribution in [-0.2, 0) is 20.0 Å². The first-order chi connectivity index (χ1) is 14.7. The summed E-state index contributed by atoms with van der Waals surface area (Å²) in [5.74, 6) is 0.552. The number of esters is 1. The molecular weight excluding hydrogens is 422 g/mol. The van der Waals surface area contributed by atoms with Crippen molar-refractivity contribution < 1.29 is 31.8 Å². The minimum absolute atomic E-state index is 0.155. The van der Waals surface area contributed by atoms with Gasteiger partial charge in [0.25, 0.3) is 0 Å². The van der Waals surface area contributed by atoms with Crippen molar-refractivity contribution in [1.82, 2.24) is 5.32 Å². The van der Waals surface area contributed by atoms with Crippen molar-refractivity contribution in [3.05, 3.63) is 30.3 Å². The number of ether oxygens (including phenoxy) is 1. The van der Waals surface area contributed by atoms with Crippen LogP contribution in [0.3, 0.4) is 0 Å². The summed E-state index contributed by atoms with van der Waals surface area (Å²) < 4.78 is 36.8. The lowest BCUT2D eigenvalue weighted by Gasteiger charge is -2.06. The second-order valence-corrected chi connectivity index (χ2v) is 8.16. The molecule has 178 valence electrons. The third-order valence-corrected chi connectivity index (χ3v) is 4.36. The molecule has 0 spiro atoms. The smallest absolute Gasteiger partial charge is 0.394 e. The Hall–Kier alpha value is -1.97. The third kappa shape index (κ3) is 24.2. The molecule has 1 amide bonds. The fourth-order valence-corrected chi connectivity index (χ4v) is 2.80. The van der Waals surface area contributed by atoms with Gasteiger partial charge >= 0.3 is 16.4 Å². The van der Waals surface area contributed by atoms with Crippen LogP contribution < -0.4 is 10.1 Å². The Kier molecular flexibility index (Phi) is 17.6. The summed E-state index contributed by atoms with van der Waals surface area (Å²) in [5, 5.41) is 2.97. The first-order valence-corrected chi connectivity index (χ1v) is 12.3. The fourth-order valence-electron chi connectivity index (χ4n) is 2.80. The summed E-state index contributed by atoms with van der Waals surface area (Å²) in [7, 11) is -4.67. The average molecular weight is 460 g/mol. The molecule has 1 rings (SSSR count). The van der Waals surface area contributed by atoms with Gasteiger partial charge in [0.2, 0.25) is 5.91 Å². The molecule has 0 aromatic heterocycles. The van der Waals surface area contributed by atoms with E-state index in [1.165, 1.54) is 32.1 Å². The van der Waals surface area contributed by atoms with Gasteiger partial charge < -0.3 is 10.1 Å². The van der Waals surface area contributed by atoms with E-state index in [1.807, 2.05) is 18.2 Å². The van der Waals surface area contributed by atoms with Crippen LogP contribution in [0.4, 0.5) is 0 Å². The van der Waals surface area contributed by atoms with Crippen molar-refractivity contribution in [1.29, 1.82) is 0 Å². The van der Waals surface area contributed by atoms with E-state index in [9.17, 15) is 9.59 Å². The molecule has 0 radical (unpaired) electrons. The van der Waals surface area contributed by atoms with Gasteiger partial charge in [-0.25, -0.2) is 0 Å². The fraction of sp³-hybridized carbons (Fsp3) is 0.636. The standard InChI is InChI=1S/C22H35NO3.H2O4S/c1-2-3-4-5-6-7-12-17-21(24)23-19-14-9-13-18-22(25)26-20-15-10-8-11-16-20;1-5(2,3)4/h8,10-11,15-16H,2-7,9,12-14,17-19H2,1H3,(H,23,24);(H2,1,2,3,4). The summed E-state index contributed by atoms with van der Waals surface area (Å²) in [6.07, 6.45) is 12.3. The Morgan fingerprint density at radius 3 is 1.97 bits per heavy atom. The van der Waals surface area contributed by atoms with Crippen molar-refractivity contribution in [2.24, 2.45) is 0 Å². The zero-order valence-electron chi connectivity index (χ0n) is 18.4. The van der Waals surface area contributed by atoms with Gasteiger partial charge in [-0.2, -0.15) is 8.42 Å². The molecule has 1 aromatic carbocycles. The predicted octanol–water partition coefficient (Wildman–Crippen LogP) is 4.76. The van der Waals surface area contributed by atoms with E-state index in [2.05, 4.69) is 12.2 Å². The van der Waals surface area contributed by atoms with Gasteiger partial charge in [0.15, 0.2) is 0 Å². The van der Waals surface area contributed by atoms with Crippen LogP contribution in [0, 0.1) is 0 Å². The normalized spacial score (nSPS) is 10.7. The molecule has 0 unspecified atom stereocenters. The number of hydrogen-bond acceptors (Lipinski definition) is 5. The average Bonchev–Trinajstić information content (AvgIpc) is 2.69. The van der Waals surface area contributed by atoms with Crippen LogP contribution in [0.25, 0.3) is 0 Å². The van der Waals surface area contributed by atoms with Crippen molar-refractivity contribution in [3.8, 4) is 5.75 Å². The zero-order chi connectivity index (χ0) is 23.4. The molecule has 0 fully saturated rings. The van der Waals surface area contributed by atoms with Crippen molar-refractivity contribution in [2.75, 3.05) is 6.54 Å². The maximum atomic E-state index is 11.7. The van der Waals surface area contributed by atoms with Gasteiger partial charge in [0.05, 0.1) is 0 Å². The molecule has 0 bridgehead atoms. The molecule has 0 heterocycles. The van der Waals surface area contributed by atoms with Crippen molar-refractivity contribution in [2.45, 2.75) is 84.0 Å². The van der Waals surface area contributed by atoms with E-state index < -0.39 is 10.4 Å². The Morgan fingerprint density at radius 2 is 1.35 bits per heavy atom. The largest absolute Gasteiger partial charge is 0.427 e. The zero-order valence-corrected chi connectivity index (χ0v) is 19.2. The number of para-hydroxylation sites is 1. The van der Waals surface area contributed by atoms with Gasteiger partial charge in [-0.1, -0.05) is 70.1 Å². The minimum atomic E-state index is -4.67. The Bertz CT molecular complexity index is 685. The number of benzene rings is 1. The van der Waals surface area contributed by atoms with E-state index in [1.54, 1.807) is 12.1 Å². The van der Waals surface area contributed by atoms with Crippen LogP contribution in [0.5, 0.6) is 5.75 Å². The van der Waals surface area contributed by atoms with Crippen LogP contribution in [0.15, 0.2) is 30.3 Å². The molecule has 31 heavy (non-hydrogen) atoms. The molecule has 0 aliphatic carbocycles. The van der Waals surface area contributed by atoms with Gasteiger partial charge in [-0.3, -0.25) is 18.7 Å². The lowest BCUT2D eigenvalue weighted by molar-refractivity contribution is -0.134. The lowest BCUT2D eigenvalue weighted by atomic mass is 10.1. The Labute approximate surface area is 186 Å². The third-order valence-electron chi connectivity index (χ3n) is 4.36. The quantitative estimate of drug-likeness (QED) is 0.149. The molecule has 1 aromatic rings. The SMILES string of the molecule is CCCCCCCCCC(=O)NCCCCCC(=O)Oc1ccccc1.O=S(=O)(O)O. The molecule has 0 saturated heterocycles. The minimum Gasteiger partial charge on any atom is -0.427 e. The number of unbranched alkanes of at least 4 members (excludes halogenated alkanes) is 8. The topological polar surface area (TPSA) is 130 Å². The van der Waals surface area contributed by atoms with Gasteiger partial charge in [0, 0.05) is 19.4 Å². The van der Waals surface area contributed by atoms with Crippen molar-refractivity contribution >= 4 is 22.3 Å². The first-order valence-electron chi connectivity index (χ1n) is 10.9. The maximum absolute atomic E-state index is 11.7. The molecule has 0 aliphatic heterocycles. The molecule has 9 heteroatoms. The predicted molar refractivity (Wildman–Crippen MR) is 120 cm³/mol. The van der Waals surface area contributed by atoms with E-state index in [0.717, 1.165) is 32.1 Å². The molecule has 0 saturated carbocycles. The molecular formula is C22H37NO7S. The summed E-state index contributed by atoms with van der Waals surface area (Å²) in [6.45, 7) is 2.92. The highest BCUT2D eigenvalue weighted by molar-refractivity contribution is 7.79. The highest BCUT2D eigenvalue weighted by Crippen LogP contribution is 2.11. The molecule has 0 atom stereocenters. The lowest BCUT2D eigenvalue weighted by Crippen LogP contribution is -2.24. The highest BCUT2D eigenvalue weighted by atomic mass is 32.3. The van der Waals surface area contributed by atoms with E-state index in [-0.39, 0.29) is 11.9 Å². The molecule has 0 aliphatic rings. The van der Waals surface area contributed by atoms with Crippen molar-refractivity contribution in [3.63, 3.8) is 0 Å². The van der Waals surface area contributed by atoms with Crippen LogP contribution in [0.2, 0.25) is 0 Å². The molecule has 8 nitrogen and oxygen atoms in total. The number of rotatable bonds is 15. The van der Waals surface area contributed by atoms with E-state index >= 15 is 0 Å². The summed E-state index contributed by atoms with van der Waals surface area (Å²) in [5.41, 5.74) is 0. The second-order valence-electron chi connectivity index (χ2n) is 7.27. The van der Waals surface area contributed by atoms with Gasteiger partial charge in [0.1, 0.15) is 5.75 Å². The summed E-state index contributed by atoms with van der Waals surface area (Å²) >= 11 is 0. The monoisotopic (exact) mass is 459 g/mol. The number of carbonyl (C=O) groups is 2. The summed E-state index contributed by atoms with van der Waals surface area (Å²) in [6, 6.07) is 9.13. The number of hydrogen-bond donors (Lipinski definition) is 3. The second kappa shape index (κ2) is 18.8. The number of amides is 1. The van der Waals surface area contributed by atoms with Crippen LogP contribution >= 0.6 is 0 Å². The first kappa shape index (κ1) is 29.0. The number of carbonyl (C=O) groups excluding carboxylic acids is 2.